The highest BCUT2D eigenvalue weighted by molar-refractivity contribution is 8.17. The Kier molecular flexibility index (Phi) is 1.57. The fraction of sp³-hybridized carbons (Fsp3) is 0.714. The first kappa shape index (κ1) is 7.91. The van der Waals surface area contributed by atoms with Crippen molar-refractivity contribution < 1.29 is 19.8 Å². The van der Waals surface area contributed by atoms with E-state index >= 15 is 0 Å². The van der Waals surface area contributed by atoms with Crippen molar-refractivity contribution >= 4 is 22.2 Å². The second-order valence-corrected chi connectivity index (χ2v) is 5.41. The van der Waals surface area contributed by atoms with Gasteiger partial charge in [0.15, 0.2) is 10.5 Å². The molecule has 1 saturated heterocycles. The topological polar surface area (TPSA) is 74.6 Å². The van der Waals surface area contributed by atoms with Gasteiger partial charge >= 0.3 is 11.3 Å². The van der Waals surface area contributed by atoms with E-state index in [4.69, 9.17) is 10.2 Å². The molecule has 1 saturated carbocycles. The quantitative estimate of drug-likeness (QED) is 0.466. The fourth-order valence-electron chi connectivity index (χ4n) is 2.02. The number of hydrogen-bond acceptors (Lipinski definition) is 2. The number of carboxylic acid groups (broad SMARTS) is 2. The van der Waals surface area contributed by atoms with Gasteiger partial charge in [0.2, 0.25) is 0 Å². The van der Waals surface area contributed by atoms with E-state index in [0.29, 0.717) is 6.42 Å². The van der Waals surface area contributed by atoms with Crippen molar-refractivity contribution in [1.82, 2.24) is 0 Å². The number of fused-ring (bicyclic) bond motifs is 1. The molecular weight excluding hydrogens is 180 g/mol. The second kappa shape index (κ2) is 2.39. The molecule has 2 fully saturated rings. The van der Waals surface area contributed by atoms with E-state index in [-0.39, 0.29) is 16.4 Å². The van der Waals surface area contributed by atoms with Gasteiger partial charge in [-0.3, -0.25) is 4.79 Å². The molecule has 0 aromatic heterocycles. The Hall–Kier alpha value is -0.710. The van der Waals surface area contributed by atoms with Crippen molar-refractivity contribution in [1.29, 1.82) is 0 Å². The third-order valence-electron chi connectivity index (χ3n) is 2.59. The van der Waals surface area contributed by atoms with Crippen LogP contribution in [0.15, 0.2) is 0 Å². The van der Waals surface area contributed by atoms with Gasteiger partial charge in [0.05, 0.1) is 0 Å². The standard InChI is InChI=1S/C7H8O4S/c8-6(9)3-1-2-4-5(3)12(4)7(10)11/h3-5H,1-2H2,(H-,8,9,10,11)/p+1. The second-order valence-electron chi connectivity index (χ2n) is 3.16. The monoisotopic (exact) mass is 189 g/mol. The maximum absolute atomic E-state index is 10.6. The third kappa shape index (κ3) is 0.924. The van der Waals surface area contributed by atoms with Crippen LogP contribution in [0.5, 0.6) is 0 Å². The molecule has 2 aliphatic rings. The summed E-state index contributed by atoms with van der Waals surface area (Å²) in [6.07, 6.45) is 1.46. The lowest BCUT2D eigenvalue weighted by Crippen LogP contribution is -2.19. The molecular formula is C7H9O4S+. The molecule has 0 bridgehead atoms. The third-order valence-corrected chi connectivity index (χ3v) is 5.10. The fourth-order valence-corrected chi connectivity index (χ4v) is 4.54. The van der Waals surface area contributed by atoms with Crippen molar-refractivity contribution in [3.63, 3.8) is 0 Å². The minimum atomic E-state index is -0.821. The number of carboxylic acids is 1. The van der Waals surface area contributed by atoms with Gasteiger partial charge in [0.25, 0.3) is 0 Å². The highest BCUT2D eigenvalue weighted by atomic mass is 32.2. The predicted octanol–water partition coefficient (Wildman–Crippen LogP) is 0.528. The Balaban J connectivity index is 2.07. The van der Waals surface area contributed by atoms with E-state index < -0.39 is 22.2 Å². The molecule has 4 unspecified atom stereocenters. The maximum Gasteiger partial charge on any atom is 0.523 e. The highest BCUT2D eigenvalue weighted by Gasteiger charge is 2.76. The maximum atomic E-state index is 10.6. The molecule has 1 heterocycles. The van der Waals surface area contributed by atoms with Crippen LogP contribution in [-0.4, -0.2) is 32.0 Å². The molecule has 0 amide bonds. The molecule has 4 atom stereocenters. The lowest BCUT2D eigenvalue weighted by atomic mass is 10.1. The van der Waals surface area contributed by atoms with E-state index in [1.807, 2.05) is 0 Å². The van der Waals surface area contributed by atoms with Crippen LogP contribution in [0.3, 0.4) is 0 Å². The molecule has 0 spiro atoms. The predicted molar refractivity (Wildman–Crippen MR) is 43.3 cm³/mol. The molecule has 66 valence electrons. The molecule has 1 aliphatic heterocycles. The van der Waals surface area contributed by atoms with Gasteiger partial charge in [-0.05, 0) is 6.42 Å². The Morgan fingerprint density at radius 2 is 1.92 bits per heavy atom. The van der Waals surface area contributed by atoms with Crippen molar-refractivity contribution in [3.05, 3.63) is 0 Å². The van der Waals surface area contributed by atoms with Crippen LogP contribution < -0.4 is 0 Å². The largest absolute Gasteiger partial charge is 0.523 e. The van der Waals surface area contributed by atoms with Crippen LogP contribution in [-0.2, 0) is 15.7 Å². The summed E-state index contributed by atoms with van der Waals surface area (Å²) in [5.74, 6) is -1.20. The van der Waals surface area contributed by atoms with Crippen LogP contribution in [0.25, 0.3) is 0 Å². The first-order valence-electron chi connectivity index (χ1n) is 3.80. The normalized spacial score (nSPS) is 43.7. The number of rotatable bonds is 1. The molecule has 1 aliphatic carbocycles. The average Bonchev–Trinajstić information content (AvgIpc) is 2.52. The van der Waals surface area contributed by atoms with Crippen molar-refractivity contribution in [2.45, 2.75) is 23.3 Å². The van der Waals surface area contributed by atoms with E-state index in [0.717, 1.165) is 6.42 Å². The van der Waals surface area contributed by atoms with E-state index in [1.54, 1.807) is 0 Å². The van der Waals surface area contributed by atoms with Crippen LogP contribution in [0.1, 0.15) is 12.8 Å². The van der Waals surface area contributed by atoms with Crippen LogP contribution in [0, 0.1) is 5.92 Å². The van der Waals surface area contributed by atoms with Crippen molar-refractivity contribution in [2.24, 2.45) is 5.92 Å². The van der Waals surface area contributed by atoms with Gasteiger partial charge in [-0.2, -0.15) is 4.79 Å². The summed E-state index contributed by atoms with van der Waals surface area (Å²) >= 11 is 0. The van der Waals surface area contributed by atoms with Gasteiger partial charge in [-0.25, -0.2) is 0 Å². The number of carbonyl (C=O) groups is 2. The van der Waals surface area contributed by atoms with E-state index in [1.165, 1.54) is 0 Å². The lowest BCUT2D eigenvalue weighted by Gasteiger charge is -1.99. The summed E-state index contributed by atoms with van der Waals surface area (Å²) in [7, 11) is -0.628. The SMILES string of the molecule is O=C(O)C1CCC2C1[S+]2C(=O)O. The van der Waals surface area contributed by atoms with Crippen molar-refractivity contribution in [3.8, 4) is 0 Å². The molecule has 0 radical (unpaired) electrons. The first-order chi connectivity index (χ1) is 5.63. The summed E-state index contributed by atoms with van der Waals surface area (Å²) < 4.78 is 0. The summed E-state index contributed by atoms with van der Waals surface area (Å²) in [5.41, 5.74) is 0. The first-order valence-corrected chi connectivity index (χ1v) is 5.15. The smallest absolute Gasteiger partial charge is 0.481 e. The molecule has 2 N–H and O–H groups in total. The van der Waals surface area contributed by atoms with Crippen LogP contribution in [0.2, 0.25) is 0 Å². The van der Waals surface area contributed by atoms with Gasteiger partial charge in [-0.15, -0.1) is 0 Å². The number of aliphatic carboxylic acids is 1. The van der Waals surface area contributed by atoms with E-state index in [9.17, 15) is 9.59 Å². The van der Waals surface area contributed by atoms with Gasteiger partial charge in [0, 0.05) is 6.42 Å². The van der Waals surface area contributed by atoms with Gasteiger partial charge < -0.3 is 10.2 Å². The number of hydrogen-bond donors (Lipinski definition) is 2. The Morgan fingerprint density at radius 1 is 1.25 bits per heavy atom. The van der Waals surface area contributed by atoms with E-state index in [2.05, 4.69) is 0 Å². The summed E-state index contributed by atoms with van der Waals surface area (Å²) in [5, 5.41) is 16.7. The molecule has 2 rings (SSSR count). The van der Waals surface area contributed by atoms with Crippen LogP contribution >= 0.6 is 0 Å². The minimum absolute atomic E-state index is 0.0417. The summed E-state index contributed by atoms with van der Waals surface area (Å²) in [6.45, 7) is 0. The summed E-state index contributed by atoms with van der Waals surface area (Å²) in [6, 6.07) is 0. The van der Waals surface area contributed by atoms with Gasteiger partial charge in [-0.1, -0.05) is 0 Å². The Bertz CT molecular complexity index is 252. The Morgan fingerprint density at radius 3 is 2.33 bits per heavy atom. The minimum Gasteiger partial charge on any atom is -0.481 e. The lowest BCUT2D eigenvalue weighted by molar-refractivity contribution is -0.141. The zero-order chi connectivity index (χ0) is 8.88. The van der Waals surface area contributed by atoms with Gasteiger partial charge in [0.1, 0.15) is 16.8 Å². The molecule has 12 heavy (non-hydrogen) atoms. The average molecular weight is 189 g/mol. The van der Waals surface area contributed by atoms with Crippen molar-refractivity contribution in [2.75, 3.05) is 0 Å². The molecule has 5 heteroatoms. The van der Waals surface area contributed by atoms with Crippen LogP contribution in [0.4, 0.5) is 4.79 Å². The highest BCUT2D eigenvalue weighted by Crippen LogP contribution is 2.51. The molecule has 4 nitrogen and oxygen atoms in total. The Labute approximate surface area is 71.9 Å². The molecule has 0 aromatic rings. The summed E-state index contributed by atoms with van der Waals surface area (Å²) in [4.78, 5) is 21.2. The zero-order valence-electron chi connectivity index (χ0n) is 6.27. The molecule has 0 aromatic carbocycles. The zero-order valence-corrected chi connectivity index (χ0v) is 7.08.